The van der Waals surface area contributed by atoms with Gasteiger partial charge in [-0.1, -0.05) is 19.1 Å². The van der Waals surface area contributed by atoms with Crippen molar-refractivity contribution >= 4 is 17.7 Å². The topological polar surface area (TPSA) is 44.1 Å². The summed E-state index contributed by atoms with van der Waals surface area (Å²) < 4.78 is 0. The number of nitrogens with zero attached hydrogens (tertiary/aromatic N) is 2. The van der Waals surface area contributed by atoms with E-state index >= 15 is 0 Å². The van der Waals surface area contributed by atoms with Gasteiger partial charge in [0.15, 0.2) is 0 Å². The molecule has 0 saturated heterocycles. The Morgan fingerprint density at radius 1 is 1.50 bits per heavy atom. The lowest BCUT2D eigenvalue weighted by atomic mass is 10.1. The quantitative estimate of drug-likeness (QED) is 0.740. The Hall–Kier alpha value is -1.47. The van der Waals surface area contributed by atoms with Crippen LogP contribution in [0.5, 0.6) is 0 Å². The van der Waals surface area contributed by atoms with E-state index in [1.807, 2.05) is 18.2 Å². The van der Waals surface area contributed by atoms with Crippen molar-refractivity contribution < 1.29 is 4.79 Å². The van der Waals surface area contributed by atoms with E-state index < -0.39 is 0 Å². The number of carbonyl (C=O) groups is 1. The van der Waals surface area contributed by atoms with Crippen LogP contribution in [0.3, 0.4) is 0 Å². The Morgan fingerprint density at radius 2 is 2.28 bits per heavy atom. The van der Waals surface area contributed by atoms with Crippen LogP contribution >= 0.6 is 11.8 Å². The molecule has 96 valence electrons. The zero-order valence-electron chi connectivity index (χ0n) is 10.8. The molecule has 0 fully saturated rings. The molecule has 1 amide bonds. The Morgan fingerprint density at radius 3 is 2.94 bits per heavy atom. The third-order valence-electron chi connectivity index (χ3n) is 2.48. The van der Waals surface area contributed by atoms with E-state index in [-0.39, 0.29) is 5.91 Å². The molecule has 1 aromatic carbocycles. The monoisotopic (exact) mass is 262 g/mol. The van der Waals surface area contributed by atoms with Gasteiger partial charge in [-0.05, 0) is 29.9 Å². The van der Waals surface area contributed by atoms with Crippen LogP contribution in [0.1, 0.15) is 24.5 Å². The van der Waals surface area contributed by atoms with Crippen LogP contribution in [-0.4, -0.2) is 29.4 Å². The maximum Gasteiger partial charge on any atom is 0.232 e. The molecule has 3 nitrogen and oxygen atoms in total. The van der Waals surface area contributed by atoms with E-state index in [0.717, 1.165) is 17.7 Å². The predicted octanol–water partition coefficient (Wildman–Crippen LogP) is 2.66. The molecule has 18 heavy (non-hydrogen) atoms. The lowest BCUT2D eigenvalue weighted by molar-refractivity contribution is -0.127. The molecule has 4 heteroatoms. The molecule has 0 saturated carbocycles. The summed E-state index contributed by atoms with van der Waals surface area (Å²) >= 11 is 1.66. The third-order valence-corrected chi connectivity index (χ3v) is 3.62. The molecule has 0 aromatic heterocycles. The van der Waals surface area contributed by atoms with Gasteiger partial charge in [0.2, 0.25) is 5.91 Å². The van der Waals surface area contributed by atoms with Crippen LogP contribution in [0.2, 0.25) is 0 Å². The van der Waals surface area contributed by atoms with Crippen LogP contribution in [0.15, 0.2) is 24.3 Å². The maximum absolute atomic E-state index is 11.8. The van der Waals surface area contributed by atoms with Crippen LogP contribution in [-0.2, 0) is 11.3 Å². The van der Waals surface area contributed by atoms with Crippen molar-refractivity contribution in [3.05, 3.63) is 35.4 Å². The van der Waals surface area contributed by atoms with Gasteiger partial charge in [-0.25, -0.2) is 0 Å². The van der Waals surface area contributed by atoms with Gasteiger partial charge in [0.1, 0.15) is 0 Å². The van der Waals surface area contributed by atoms with Gasteiger partial charge in [-0.2, -0.15) is 17.0 Å². The van der Waals surface area contributed by atoms with Gasteiger partial charge in [0.05, 0.1) is 17.4 Å². The van der Waals surface area contributed by atoms with Crippen LogP contribution in [0.25, 0.3) is 0 Å². The van der Waals surface area contributed by atoms with Crippen molar-refractivity contribution in [3.8, 4) is 6.07 Å². The van der Waals surface area contributed by atoms with Crippen molar-refractivity contribution in [2.75, 3.05) is 18.6 Å². The number of rotatable bonds is 6. The molecule has 0 aliphatic heterocycles. The van der Waals surface area contributed by atoms with Crippen molar-refractivity contribution in [1.29, 1.82) is 5.26 Å². The average molecular weight is 262 g/mol. The molecule has 0 bridgehead atoms. The Bertz CT molecular complexity index is 440. The molecular formula is C14H18N2OS. The number of nitriles is 1. The second-order valence-electron chi connectivity index (χ2n) is 4.11. The van der Waals surface area contributed by atoms with E-state index in [9.17, 15) is 4.79 Å². The fourth-order valence-electron chi connectivity index (χ4n) is 1.52. The summed E-state index contributed by atoms with van der Waals surface area (Å²) in [4.78, 5) is 13.5. The lowest BCUT2D eigenvalue weighted by Crippen LogP contribution is -2.27. The van der Waals surface area contributed by atoms with Crippen molar-refractivity contribution in [1.82, 2.24) is 4.90 Å². The molecule has 0 atom stereocenters. The minimum atomic E-state index is 0.135. The highest BCUT2D eigenvalue weighted by atomic mass is 32.2. The van der Waals surface area contributed by atoms with Gasteiger partial charge in [0.25, 0.3) is 0 Å². The Labute approximate surface area is 113 Å². The van der Waals surface area contributed by atoms with E-state index in [0.29, 0.717) is 17.9 Å². The summed E-state index contributed by atoms with van der Waals surface area (Å²) in [7, 11) is 1.80. The summed E-state index contributed by atoms with van der Waals surface area (Å²) in [6.07, 6.45) is 1.09. The van der Waals surface area contributed by atoms with Crippen molar-refractivity contribution in [2.24, 2.45) is 0 Å². The van der Waals surface area contributed by atoms with E-state index in [4.69, 9.17) is 5.26 Å². The molecule has 0 heterocycles. The van der Waals surface area contributed by atoms with Crippen molar-refractivity contribution in [3.63, 3.8) is 0 Å². The van der Waals surface area contributed by atoms with Gasteiger partial charge in [-0.3, -0.25) is 4.79 Å². The summed E-state index contributed by atoms with van der Waals surface area (Å²) in [6.45, 7) is 2.66. The number of thioether (sulfide) groups is 1. The Kier molecular flexibility index (Phi) is 6.31. The van der Waals surface area contributed by atoms with Gasteiger partial charge in [-0.15, -0.1) is 0 Å². The normalized spacial score (nSPS) is 9.83. The summed E-state index contributed by atoms with van der Waals surface area (Å²) in [5, 5.41) is 8.81. The summed E-state index contributed by atoms with van der Waals surface area (Å²) in [5.41, 5.74) is 1.62. The number of amides is 1. The standard InChI is InChI=1S/C14H18N2OS/c1-3-7-18-11-14(17)16(2)10-13-6-4-5-12(8-13)9-15/h4-6,8H,3,7,10-11H2,1-2H3. The molecule has 1 rings (SSSR count). The SMILES string of the molecule is CCCSCC(=O)N(C)Cc1cccc(C#N)c1. The number of carbonyl (C=O) groups excluding carboxylic acids is 1. The van der Waals surface area contributed by atoms with Crippen molar-refractivity contribution in [2.45, 2.75) is 19.9 Å². The van der Waals surface area contributed by atoms with E-state index in [1.165, 1.54) is 0 Å². The zero-order chi connectivity index (χ0) is 13.4. The first kappa shape index (κ1) is 14.6. The lowest BCUT2D eigenvalue weighted by Gasteiger charge is -2.17. The van der Waals surface area contributed by atoms with Gasteiger partial charge < -0.3 is 4.90 Å². The number of hydrogen-bond acceptors (Lipinski definition) is 3. The highest BCUT2D eigenvalue weighted by Crippen LogP contribution is 2.09. The highest BCUT2D eigenvalue weighted by molar-refractivity contribution is 7.99. The molecule has 0 N–H and O–H groups in total. The second kappa shape index (κ2) is 7.78. The first-order chi connectivity index (χ1) is 8.67. The number of hydrogen-bond donors (Lipinski definition) is 0. The summed E-state index contributed by atoms with van der Waals surface area (Å²) in [5.74, 6) is 1.68. The van der Waals surface area contributed by atoms with Gasteiger partial charge in [0, 0.05) is 13.6 Å². The summed E-state index contributed by atoms with van der Waals surface area (Å²) in [6, 6.07) is 9.47. The molecular weight excluding hydrogens is 244 g/mol. The molecule has 0 aliphatic rings. The molecule has 0 radical (unpaired) electrons. The fourth-order valence-corrected chi connectivity index (χ4v) is 2.34. The maximum atomic E-state index is 11.8. The Balaban J connectivity index is 2.50. The van der Waals surface area contributed by atoms with E-state index in [1.54, 1.807) is 29.8 Å². The van der Waals surface area contributed by atoms with Gasteiger partial charge >= 0.3 is 0 Å². The largest absolute Gasteiger partial charge is 0.341 e. The smallest absolute Gasteiger partial charge is 0.232 e. The molecule has 1 aromatic rings. The van der Waals surface area contributed by atoms with Crippen LogP contribution < -0.4 is 0 Å². The number of benzene rings is 1. The highest BCUT2D eigenvalue weighted by Gasteiger charge is 2.09. The third kappa shape index (κ3) is 4.80. The molecule has 0 spiro atoms. The van der Waals surface area contributed by atoms with Crippen LogP contribution in [0, 0.1) is 11.3 Å². The second-order valence-corrected chi connectivity index (χ2v) is 5.22. The van der Waals surface area contributed by atoms with Crippen LogP contribution in [0.4, 0.5) is 0 Å². The average Bonchev–Trinajstić information content (AvgIpc) is 2.39. The molecule has 0 aliphatic carbocycles. The zero-order valence-corrected chi connectivity index (χ0v) is 11.7. The minimum absolute atomic E-state index is 0.135. The molecule has 0 unspecified atom stereocenters. The predicted molar refractivity (Wildman–Crippen MR) is 75.2 cm³/mol. The first-order valence-corrected chi connectivity index (χ1v) is 7.13. The first-order valence-electron chi connectivity index (χ1n) is 5.98. The van der Waals surface area contributed by atoms with E-state index in [2.05, 4.69) is 13.0 Å². The minimum Gasteiger partial charge on any atom is -0.341 e. The fraction of sp³-hybridized carbons (Fsp3) is 0.429.